The Labute approximate surface area is 159 Å². The highest BCUT2D eigenvalue weighted by Crippen LogP contribution is 1.95. The van der Waals surface area contributed by atoms with E-state index in [2.05, 4.69) is 15.6 Å². The molecule has 0 aromatic carbocycles. The first-order valence-corrected chi connectivity index (χ1v) is 8.12. The Kier molecular flexibility index (Phi) is 11.3. The Balaban J connectivity index is 4.15. The number of carboxylic acid groups (broad SMARTS) is 2. The zero-order valence-electron chi connectivity index (χ0n) is 15.0. The van der Waals surface area contributed by atoms with Crippen molar-refractivity contribution < 1.29 is 34.2 Å². The Morgan fingerprint density at radius 1 is 0.964 bits per heavy atom. The number of nitrogens with two attached hydrogens (primary N) is 3. The summed E-state index contributed by atoms with van der Waals surface area (Å²) >= 11 is 0. The molecule has 0 fully saturated rings. The van der Waals surface area contributed by atoms with Crippen LogP contribution in [-0.4, -0.2) is 77.6 Å². The fraction of sp³-hybridized carbons (Fsp3) is 0.571. The van der Waals surface area contributed by atoms with Crippen molar-refractivity contribution in [2.45, 2.75) is 31.3 Å². The number of carboxylic acids is 2. The van der Waals surface area contributed by atoms with Crippen molar-refractivity contribution in [2.24, 2.45) is 22.2 Å². The van der Waals surface area contributed by atoms with E-state index in [1.807, 2.05) is 5.32 Å². The van der Waals surface area contributed by atoms with Gasteiger partial charge in [-0.15, -0.1) is 0 Å². The Hall–Kier alpha value is -3.42. The van der Waals surface area contributed by atoms with Crippen LogP contribution in [0.25, 0.3) is 0 Å². The van der Waals surface area contributed by atoms with Gasteiger partial charge >= 0.3 is 11.9 Å². The van der Waals surface area contributed by atoms with Gasteiger partial charge in [-0.05, 0) is 12.8 Å². The highest BCUT2D eigenvalue weighted by atomic mass is 16.4. The van der Waals surface area contributed by atoms with Gasteiger partial charge in [0.1, 0.15) is 6.04 Å². The van der Waals surface area contributed by atoms with Gasteiger partial charge in [0, 0.05) is 6.54 Å². The molecular weight excluding hydrogens is 378 g/mol. The molecule has 11 N–H and O–H groups in total. The van der Waals surface area contributed by atoms with Gasteiger partial charge in [-0.3, -0.25) is 24.2 Å². The summed E-state index contributed by atoms with van der Waals surface area (Å²) in [6.07, 6.45) is -0.0706. The van der Waals surface area contributed by atoms with Crippen LogP contribution in [0.4, 0.5) is 0 Å². The van der Waals surface area contributed by atoms with Gasteiger partial charge in [0.25, 0.3) is 0 Å². The number of rotatable bonds is 13. The normalized spacial score (nSPS) is 12.2. The van der Waals surface area contributed by atoms with E-state index in [1.165, 1.54) is 0 Å². The second-order valence-electron chi connectivity index (χ2n) is 5.61. The molecule has 14 nitrogen and oxygen atoms in total. The van der Waals surface area contributed by atoms with Gasteiger partial charge in [0.15, 0.2) is 5.96 Å². The number of carbonyl (C=O) groups is 5. The highest BCUT2D eigenvalue weighted by molar-refractivity contribution is 5.91. The van der Waals surface area contributed by atoms with Crippen LogP contribution in [0.2, 0.25) is 0 Å². The first-order chi connectivity index (χ1) is 13.0. The van der Waals surface area contributed by atoms with Crippen LogP contribution in [0.15, 0.2) is 4.99 Å². The molecule has 0 saturated carbocycles. The summed E-state index contributed by atoms with van der Waals surface area (Å²) in [5, 5.41) is 23.8. The molecule has 2 unspecified atom stereocenters. The molecule has 2 atom stereocenters. The summed E-state index contributed by atoms with van der Waals surface area (Å²) in [6.45, 7) is -0.744. The van der Waals surface area contributed by atoms with Crippen LogP contribution in [0.1, 0.15) is 19.3 Å². The van der Waals surface area contributed by atoms with E-state index in [4.69, 9.17) is 27.4 Å². The summed E-state index contributed by atoms with van der Waals surface area (Å²) < 4.78 is 0. The summed E-state index contributed by atoms with van der Waals surface area (Å²) in [5.74, 6) is -5.21. The molecule has 0 aliphatic heterocycles. The van der Waals surface area contributed by atoms with Crippen LogP contribution >= 0.6 is 0 Å². The lowest BCUT2D eigenvalue weighted by Gasteiger charge is -2.13. The number of carbonyl (C=O) groups excluding carboxylic acids is 3. The van der Waals surface area contributed by atoms with Gasteiger partial charge in [-0.1, -0.05) is 0 Å². The smallest absolute Gasteiger partial charge is 0.326 e. The van der Waals surface area contributed by atoms with Crippen LogP contribution in [0.5, 0.6) is 0 Å². The molecule has 0 spiro atoms. The molecule has 0 rings (SSSR count). The molecule has 28 heavy (non-hydrogen) atoms. The molecular formula is C14H25N7O7. The number of aliphatic imine (C=N–C) groups is 1. The molecule has 14 heteroatoms. The van der Waals surface area contributed by atoms with Crippen molar-refractivity contribution in [3.05, 3.63) is 0 Å². The average Bonchev–Trinajstić information content (AvgIpc) is 2.60. The van der Waals surface area contributed by atoms with Crippen molar-refractivity contribution in [3.63, 3.8) is 0 Å². The predicted octanol–water partition coefficient (Wildman–Crippen LogP) is -4.36. The van der Waals surface area contributed by atoms with Crippen LogP contribution in [0, 0.1) is 0 Å². The van der Waals surface area contributed by atoms with Crippen LogP contribution in [-0.2, 0) is 24.0 Å². The minimum absolute atomic E-state index is 0.0728. The summed E-state index contributed by atoms with van der Waals surface area (Å²) in [4.78, 5) is 60.0. The van der Waals surface area contributed by atoms with E-state index >= 15 is 0 Å². The molecule has 0 aliphatic carbocycles. The first-order valence-electron chi connectivity index (χ1n) is 8.12. The fourth-order valence-corrected chi connectivity index (χ4v) is 1.81. The fourth-order valence-electron chi connectivity index (χ4n) is 1.81. The molecule has 0 aromatic heterocycles. The van der Waals surface area contributed by atoms with Gasteiger partial charge < -0.3 is 43.4 Å². The van der Waals surface area contributed by atoms with Crippen LogP contribution < -0.4 is 33.2 Å². The van der Waals surface area contributed by atoms with E-state index in [0.717, 1.165) is 0 Å². The van der Waals surface area contributed by atoms with E-state index in [-0.39, 0.29) is 12.4 Å². The number of nitrogens with zero attached hydrogens (tertiary/aromatic N) is 1. The Morgan fingerprint density at radius 2 is 1.57 bits per heavy atom. The second-order valence-corrected chi connectivity index (χ2v) is 5.61. The van der Waals surface area contributed by atoms with Crippen molar-refractivity contribution in [3.8, 4) is 0 Å². The van der Waals surface area contributed by atoms with E-state index < -0.39 is 61.3 Å². The molecule has 0 saturated heterocycles. The maximum absolute atomic E-state index is 11.7. The first kappa shape index (κ1) is 24.6. The van der Waals surface area contributed by atoms with Crippen LogP contribution in [0.3, 0.4) is 0 Å². The van der Waals surface area contributed by atoms with Gasteiger partial charge in [-0.25, -0.2) is 4.79 Å². The Morgan fingerprint density at radius 3 is 2.11 bits per heavy atom. The minimum atomic E-state index is -1.63. The lowest BCUT2D eigenvalue weighted by Crippen LogP contribution is -2.49. The third-order valence-electron chi connectivity index (χ3n) is 3.19. The Bertz CT molecular complexity index is 619. The molecule has 0 heterocycles. The number of amides is 3. The minimum Gasteiger partial charge on any atom is -0.481 e. The number of nitrogens with one attached hydrogen (secondary N) is 3. The van der Waals surface area contributed by atoms with Crippen molar-refractivity contribution >= 4 is 35.6 Å². The quantitative estimate of drug-likeness (QED) is 0.0832. The summed E-state index contributed by atoms with van der Waals surface area (Å²) in [6, 6.07) is -2.50. The summed E-state index contributed by atoms with van der Waals surface area (Å²) in [7, 11) is 0. The SMILES string of the molecule is NC(N)=NCCCC(N)C(=O)NCC(=O)NCC(=O)NC(CC(=O)O)C(=O)O. The molecule has 0 bridgehead atoms. The number of aliphatic carboxylic acids is 2. The van der Waals surface area contributed by atoms with E-state index in [0.29, 0.717) is 13.0 Å². The third-order valence-corrected chi connectivity index (χ3v) is 3.19. The second kappa shape index (κ2) is 12.9. The maximum atomic E-state index is 11.7. The molecule has 0 aliphatic rings. The van der Waals surface area contributed by atoms with Crippen molar-refractivity contribution in [1.82, 2.24) is 16.0 Å². The zero-order valence-corrected chi connectivity index (χ0v) is 15.0. The van der Waals surface area contributed by atoms with Gasteiger partial charge in [0.05, 0.1) is 25.6 Å². The average molecular weight is 403 g/mol. The number of guanidine groups is 1. The lowest BCUT2D eigenvalue weighted by atomic mass is 10.1. The largest absolute Gasteiger partial charge is 0.481 e. The topological polar surface area (TPSA) is 252 Å². The maximum Gasteiger partial charge on any atom is 0.326 e. The van der Waals surface area contributed by atoms with Crippen molar-refractivity contribution in [2.75, 3.05) is 19.6 Å². The lowest BCUT2D eigenvalue weighted by molar-refractivity contribution is -0.147. The van der Waals surface area contributed by atoms with Gasteiger partial charge in [0.2, 0.25) is 17.7 Å². The van der Waals surface area contributed by atoms with Crippen molar-refractivity contribution in [1.29, 1.82) is 0 Å². The number of hydrogen-bond donors (Lipinski definition) is 8. The molecule has 0 aromatic rings. The monoisotopic (exact) mass is 403 g/mol. The molecule has 158 valence electrons. The van der Waals surface area contributed by atoms with Gasteiger partial charge in [-0.2, -0.15) is 0 Å². The predicted molar refractivity (Wildman–Crippen MR) is 95.7 cm³/mol. The standard InChI is InChI=1S/C14H25N7O7/c15-7(2-1-3-18-14(16)17)12(26)20-5-9(22)19-6-10(23)21-8(13(27)28)4-11(24)25/h7-8H,1-6,15H2,(H,19,22)(H,20,26)(H,21,23)(H,24,25)(H,27,28)(H4,16,17,18). The molecule has 0 radical (unpaired) electrons. The van der Waals surface area contributed by atoms with E-state index in [1.54, 1.807) is 0 Å². The molecule has 3 amide bonds. The van der Waals surface area contributed by atoms with E-state index in [9.17, 15) is 24.0 Å². The number of hydrogen-bond acceptors (Lipinski definition) is 7. The highest BCUT2D eigenvalue weighted by Gasteiger charge is 2.23. The third kappa shape index (κ3) is 12.0. The zero-order chi connectivity index (χ0) is 21.7. The summed E-state index contributed by atoms with van der Waals surface area (Å²) in [5.41, 5.74) is 15.9.